The molecule has 114 valence electrons. The van der Waals surface area contributed by atoms with Crippen molar-refractivity contribution in [3.8, 4) is 11.8 Å². The maximum Gasteiger partial charge on any atom is 0.171 e. The number of aromatic nitrogens is 2. The lowest BCUT2D eigenvalue weighted by molar-refractivity contribution is 0.467. The first kappa shape index (κ1) is 16.6. The van der Waals surface area contributed by atoms with Crippen LogP contribution in [0.15, 0.2) is 46.5 Å². The predicted octanol–water partition coefficient (Wildman–Crippen LogP) is 5.13. The van der Waals surface area contributed by atoms with Gasteiger partial charge in [-0.25, -0.2) is 4.98 Å². The number of hydrogen-bond acceptors (Lipinski definition) is 4. The molecule has 23 heavy (non-hydrogen) atoms. The number of halogens is 2. The molecule has 4 nitrogen and oxygen atoms in total. The van der Waals surface area contributed by atoms with E-state index in [2.05, 4.69) is 61.2 Å². The zero-order valence-corrected chi connectivity index (χ0v) is 16.7. The molecule has 0 spiro atoms. The molecule has 0 radical (unpaired) electrons. The molecule has 0 aliphatic rings. The van der Waals surface area contributed by atoms with E-state index >= 15 is 0 Å². The third-order valence-corrected chi connectivity index (χ3v) is 5.48. The van der Waals surface area contributed by atoms with E-state index in [0.717, 1.165) is 23.7 Å². The number of nitriles is 1. The normalized spacial score (nSPS) is 11.6. The van der Waals surface area contributed by atoms with E-state index in [9.17, 15) is 10.4 Å². The molecule has 0 bridgehead atoms. The Kier molecular flexibility index (Phi) is 5.13. The first-order valence-corrected chi connectivity index (χ1v) is 9.46. The Hall–Kier alpha value is -1.25. The molecule has 0 saturated heterocycles. The zero-order chi connectivity index (χ0) is 16.4. The molecular formula is C16H9I2N3OS. The predicted molar refractivity (Wildman–Crippen MR) is 109 cm³/mol. The van der Waals surface area contributed by atoms with Gasteiger partial charge in [0.05, 0.1) is 23.1 Å². The Balaban J connectivity index is 1.92. The fourth-order valence-corrected chi connectivity index (χ4v) is 4.56. The van der Waals surface area contributed by atoms with Gasteiger partial charge in [-0.1, -0.05) is 12.1 Å². The third-order valence-electron chi connectivity index (χ3n) is 3.02. The Morgan fingerprint density at radius 1 is 1.26 bits per heavy atom. The van der Waals surface area contributed by atoms with E-state index in [0.29, 0.717) is 10.1 Å². The first-order valence-electron chi connectivity index (χ1n) is 6.49. The summed E-state index contributed by atoms with van der Waals surface area (Å²) < 4.78 is 1.51. The van der Waals surface area contributed by atoms with E-state index in [4.69, 9.17) is 0 Å². The zero-order valence-electron chi connectivity index (χ0n) is 11.5. The number of fused-ring (bicyclic) bond motifs is 1. The SMILES string of the molecule is N#C/C(=C\c1cc(I)c(O)c(I)c1)Sc1nc2ccccc2[nH]1. The van der Waals surface area contributed by atoms with E-state index in [-0.39, 0.29) is 5.75 Å². The van der Waals surface area contributed by atoms with Gasteiger partial charge >= 0.3 is 0 Å². The van der Waals surface area contributed by atoms with Gasteiger partial charge in [-0.3, -0.25) is 0 Å². The highest BCUT2D eigenvalue weighted by molar-refractivity contribution is 14.1. The van der Waals surface area contributed by atoms with Crippen LogP contribution in [0.5, 0.6) is 5.75 Å². The topological polar surface area (TPSA) is 72.7 Å². The van der Waals surface area contributed by atoms with E-state index < -0.39 is 0 Å². The molecular weight excluding hydrogens is 536 g/mol. The van der Waals surface area contributed by atoms with Crippen molar-refractivity contribution in [2.45, 2.75) is 5.16 Å². The average Bonchev–Trinajstić information content (AvgIpc) is 2.94. The number of phenolic OH excluding ortho intramolecular Hbond substituents is 1. The van der Waals surface area contributed by atoms with Crippen LogP contribution in [-0.2, 0) is 0 Å². The summed E-state index contributed by atoms with van der Waals surface area (Å²) in [6.45, 7) is 0. The first-order chi connectivity index (χ1) is 11.1. The van der Waals surface area contributed by atoms with Gasteiger partial charge in [-0.2, -0.15) is 5.26 Å². The number of phenols is 1. The second kappa shape index (κ2) is 7.11. The highest BCUT2D eigenvalue weighted by atomic mass is 127. The van der Waals surface area contributed by atoms with Gasteiger partial charge in [0.15, 0.2) is 5.16 Å². The number of rotatable bonds is 3. The number of imidazole rings is 1. The fraction of sp³-hybridized carbons (Fsp3) is 0. The molecule has 0 fully saturated rings. The molecule has 2 aromatic carbocycles. The van der Waals surface area contributed by atoms with E-state index in [1.165, 1.54) is 11.8 Å². The number of aromatic amines is 1. The van der Waals surface area contributed by atoms with Gasteiger partial charge in [0.1, 0.15) is 11.8 Å². The van der Waals surface area contributed by atoms with Crippen molar-refractivity contribution in [2.24, 2.45) is 0 Å². The van der Waals surface area contributed by atoms with Crippen LogP contribution in [-0.4, -0.2) is 15.1 Å². The van der Waals surface area contributed by atoms with Gasteiger partial charge in [-0.15, -0.1) is 0 Å². The second-order valence-corrected chi connectivity index (χ2v) is 7.97. The Labute approximate surface area is 164 Å². The number of nitrogens with one attached hydrogen (secondary N) is 1. The second-order valence-electron chi connectivity index (χ2n) is 4.61. The highest BCUT2D eigenvalue weighted by Gasteiger charge is 2.08. The molecule has 1 heterocycles. The average molecular weight is 545 g/mol. The van der Waals surface area contributed by atoms with E-state index in [1.54, 1.807) is 6.08 Å². The van der Waals surface area contributed by atoms with Crippen LogP contribution < -0.4 is 0 Å². The number of thioether (sulfide) groups is 1. The van der Waals surface area contributed by atoms with Crippen LogP contribution in [0, 0.1) is 18.5 Å². The molecule has 0 atom stereocenters. The molecule has 7 heteroatoms. The molecule has 0 aliphatic carbocycles. The van der Waals surface area contributed by atoms with Crippen LogP contribution >= 0.6 is 56.9 Å². The number of H-pyrrole nitrogens is 1. The fourth-order valence-electron chi connectivity index (χ4n) is 1.99. The minimum Gasteiger partial charge on any atom is -0.506 e. The summed E-state index contributed by atoms with van der Waals surface area (Å²) in [7, 11) is 0. The Morgan fingerprint density at radius 2 is 1.96 bits per heavy atom. The lowest BCUT2D eigenvalue weighted by Gasteiger charge is -2.03. The van der Waals surface area contributed by atoms with Crippen LogP contribution in [0.3, 0.4) is 0 Å². The Morgan fingerprint density at radius 3 is 2.61 bits per heavy atom. The van der Waals surface area contributed by atoms with Gasteiger partial charge in [0, 0.05) is 0 Å². The molecule has 1 aromatic heterocycles. The molecule has 2 N–H and O–H groups in total. The van der Waals surface area contributed by atoms with E-state index in [1.807, 2.05) is 36.4 Å². The van der Waals surface area contributed by atoms with Crippen molar-refractivity contribution in [3.05, 3.63) is 54.0 Å². The van der Waals surface area contributed by atoms with Crippen LogP contribution in [0.25, 0.3) is 17.1 Å². The molecule has 0 aliphatic heterocycles. The number of aromatic hydroxyl groups is 1. The van der Waals surface area contributed by atoms with Crippen LogP contribution in [0.1, 0.15) is 5.56 Å². The van der Waals surface area contributed by atoms with Crippen molar-refractivity contribution in [3.63, 3.8) is 0 Å². The van der Waals surface area contributed by atoms with Gasteiger partial charge in [0.25, 0.3) is 0 Å². The minimum atomic E-state index is 0.270. The summed E-state index contributed by atoms with van der Waals surface area (Å²) in [6, 6.07) is 13.6. The minimum absolute atomic E-state index is 0.270. The maximum atomic E-state index is 9.82. The van der Waals surface area contributed by atoms with Gasteiger partial charge in [-0.05, 0) is 92.8 Å². The molecule has 0 saturated carbocycles. The number of para-hydroxylation sites is 2. The summed E-state index contributed by atoms with van der Waals surface area (Å²) >= 11 is 5.44. The monoisotopic (exact) mass is 545 g/mol. The number of allylic oxidation sites excluding steroid dienone is 1. The van der Waals surface area contributed by atoms with Crippen LogP contribution in [0.2, 0.25) is 0 Å². The third kappa shape index (κ3) is 3.81. The maximum absolute atomic E-state index is 9.82. The standard InChI is InChI=1S/C16H9I2N3OS/c17-11-6-9(7-12(18)15(11)22)5-10(8-19)23-16-20-13-3-1-2-4-14(13)21-16/h1-7,22H,(H,20,21)/b10-5+. The van der Waals surface area contributed by atoms with Gasteiger partial charge in [0.2, 0.25) is 0 Å². The summed E-state index contributed by atoms with van der Waals surface area (Å²) in [5, 5.41) is 19.9. The summed E-state index contributed by atoms with van der Waals surface area (Å²) in [5.41, 5.74) is 2.69. The Bertz CT molecular complexity index is 903. The molecule has 3 rings (SSSR count). The largest absolute Gasteiger partial charge is 0.506 e. The molecule has 3 aromatic rings. The lowest BCUT2D eigenvalue weighted by atomic mass is 10.2. The smallest absolute Gasteiger partial charge is 0.171 e. The summed E-state index contributed by atoms with van der Waals surface area (Å²) in [5.74, 6) is 0.270. The molecule has 0 amide bonds. The molecule has 0 unspecified atom stereocenters. The summed E-state index contributed by atoms with van der Waals surface area (Å²) in [6.07, 6.45) is 1.79. The quantitative estimate of drug-likeness (QED) is 0.272. The highest BCUT2D eigenvalue weighted by Crippen LogP contribution is 2.31. The van der Waals surface area contributed by atoms with Crippen molar-refractivity contribution < 1.29 is 5.11 Å². The van der Waals surface area contributed by atoms with Crippen molar-refractivity contribution in [2.75, 3.05) is 0 Å². The number of benzene rings is 2. The summed E-state index contributed by atoms with van der Waals surface area (Å²) in [4.78, 5) is 8.19. The van der Waals surface area contributed by atoms with Crippen molar-refractivity contribution >= 4 is 74.1 Å². The van der Waals surface area contributed by atoms with Gasteiger partial charge < -0.3 is 10.1 Å². The lowest BCUT2D eigenvalue weighted by Crippen LogP contribution is -1.84. The van der Waals surface area contributed by atoms with Crippen molar-refractivity contribution in [1.29, 1.82) is 5.26 Å². The van der Waals surface area contributed by atoms with Crippen LogP contribution in [0.4, 0.5) is 0 Å². The van der Waals surface area contributed by atoms with Crippen molar-refractivity contribution in [1.82, 2.24) is 9.97 Å². The number of nitrogens with zero attached hydrogens (tertiary/aromatic N) is 2. The number of hydrogen-bond donors (Lipinski definition) is 2.